The number of carbonyl (C=O) groups excluding carboxylic acids is 2. The van der Waals surface area contributed by atoms with Crippen molar-refractivity contribution in [2.45, 2.75) is 13.3 Å². The highest BCUT2D eigenvalue weighted by Gasteiger charge is 2.15. The van der Waals surface area contributed by atoms with Crippen LogP contribution in [0.25, 0.3) is 0 Å². The van der Waals surface area contributed by atoms with Gasteiger partial charge in [0, 0.05) is 30.4 Å². The summed E-state index contributed by atoms with van der Waals surface area (Å²) < 4.78 is 10.9. The van der Waals surface area contributed by atoms with Gasteiger partial charge in [0.15, 0.2) is 11.5 Å². The lowest BCUT2D eigenvalue weighted by Gasteiger charge is -2.19. The van der Waals surface area contributed by atoms with E-state index in [4.69, 9.17) is 9.47 Å². The lowest BCUT2D eigenvalue weighted by atomic mass is 10.2. The summed E-state index contributed by atoms with van der Waals surface area (Å²) >= 11 is 0. The van der Waals surface area contributed by atoms with Gasteiger partial charge in [0.2, 0.25) is 0 Å². The van der Waals surface area contributed by atoms with E-state index in [0.717, 1.165) is 18.7 Å². The number of ether oxygens (including phenoxy) is 2. The van der Waals surface area contributed by atoms with Crippen LogP contribution in [-0.4, -0.2) is 38.6 Å². The van der Waals surface area contributed by atoms with Gasteiger partial charge in [-0.05, 0) is 48.9 Å². The number of hydrogen-bond donors (Lipinski definition) is 2. The minimum absolute atomic E-state index is 0.371. The van der Waals surface area contributed by atoms with Crippen molar-refractivity contribution in [3.8, 4) is 11.5 Å². The van der Waals surface area contributed by atoms with Gasteiger partial charge in [-0.3, -0.25) is 20.4 Å². The van der Waals surface area contributed by atoms with Crippen molar-refractivity contribution >= 4 is 17.5 Å². The topological polar surface area (TPSA) is 79.9 Å². The van der Waals surface area contributed by atoms with Crippen LogP contribution >= 0.6 is 0 Å². The number of benzene rings is 2. The number of nitrogens with one attached hydrogen (secondary N) is 2. The maximum Gasteiger partial charge on any atom is 0.269 e. The van der Waals surface area contributed by atoms with E-state index < -0.39 is 5.91 Å². The number of rotatable bonds is 5. The molecule has 0 unspecified atom stereocenters. The number of amides is 2. The summed E-state index contributed by atoms with van der Waals surface area (Å²) in [6, 6.07) is 12.1. The fourth-order valence-corrected chi connectivity index (χ4v) is 2.77. The van der Waals surface area contributed by atoms with E-state index in [2.05, 4.69) is 22.7 Å². The summed E-state index contributed by atoms with van der Waals surface area (Å²) in [6.45, 7) is 3.99. The molecule has 0 fully saturated rings. The van der Waals surface area contributed by atoms with Crippen LogP contribution in [0.2, 0.25) is 0 Å². The van der Waals surface area contributed by atoms with Crippen molar-refractivity contribution < 1.29 is 19.1 Å². The summed E-state index contributed by atoms with van der Waals surface area (Å²) in [4.78, 5) is 26.6. The first-order valence-corrected chi connectivity index (χ1v) is 8.90. The fourth-order valence-electron chi connectivity index (χ4n) is 2.77. The molecule has 7 heteroatoms. The molecule has 1 heterocycles. The van der Waals surface area contributed by atoms with Crippen LogP contribution in [-0.2, 0) is 0 Å². The summed E-state index contributed by atoms with van der Waals surface area (Å²) in [5.74, 6) is 0.312. The maximum absolute atomic E-state index is 12.3. The molecule has 2 amide bonds. The zero-order valence-electron chi connectivity index (χ0n) is 15.5. The highest BCUT2D eigenvalue weighted by Crippen LogP contribution is 2.30. The van der Waals surface area contributed by atoms with Crippen LogP contribution in [0, 0.1) is 0 Å². The van der Waals surface area contributed by atoms with Crippen molar-refractivity contribution in [2.24, 2.45) is 0 Å². The number of hydrazine groups is 1. The predicted molar refractivity (Wildman–Crippen MR) is 102 cm³/mol. The van der Waals surface area contributed by atoms with Gasteiger partial charge in [0.1, 0.15) is 13.2 Å². The molecule has 0 aliphatic carbocycles. The minimum Gasteiger partial charge on any atom is -0.486 e. The molecule has 0 radical (unpaired) electrons. The Morgan fingerprint density at radius 3 is 2.19 bits per heavy atom. The molecule has 0 aromatic heterocycles. The van der Waals surface area contributed by atoms with Crippen LogP contribution in [0.15, 0.2) is 42.5 Å². The standard InChI is InChI=1S/C20H23N3O4/c1-3-10-23(2)16-7-4-14(5-8-16)19(24)21-22-20(25)15-6-9-17-18(13-15)27-12-11-26-17/h4-9,13H,3,10-12H2,1-2H3,(H,21,24)(H,22,25). The Labute approximate surface area is 158 Å². The monoisotopic (exact) mass is 369 g/mol. The molecule has 0 spiro atoms. The third kappa shape index (κ3) is 4.49. The summed E-state index contributed by atoms with van der Waals surface area (Å²) in [5.41, 5.74) is 6.71. The van der Waals surface area contributed by atoms with Crippen molar-refractivity contribution in [2.75, 3.05) is 31.7 Å². The Balaban J connectivity index is 1.57. The van der Waals surface area contributed by atoms with Crippen LogP contribution in [0.1, 0.15) is 34.1 Å². The molecule has 3 rings (SSSR count). The van der Waals surface area contributed by atoms with E-state index in [1.165, 1.54) is 0 Å². The molecule has 0 atom stereocenters. The lowest BCUT2D eigenvalue weighted by molar-refractivity contribution is 0.0846. The van der Waals surface area contributed by atoms with E-state index >= 15 is 0 Å². The smallest absolute Gasteiger partial charge is 0.269 e. The van der Waals surface area contributed by atoms with E-state index in [9.17, 15) is 9.59 Å². The zero-order valence-corrected chi connectivity index (χ0v) is 15.5. The minimum atomic E-state index is -0.431. The molecule has 2 aromatic carbocycles. The van der Waals surface area contributed by atoms with E-state index in [1.54, 1.807) is 30.3 Å². The van der Waals surface area contributed by atoms with E-state index in [-0.39, 0.29) is 5.91 Å². The zero-order chi connectivity index (χ0) is 19.2. The van der Waals surface area contributed by atoms with Gasteiger partial charge in [0.25, 0.3) is 11.8 Å². The molecule has 2 aromatic rings. The molecule has 1 aliphatic heterocycles. The number of carbonyl (C=O) groups is 2. The van der Waals surface area contributed by atoms with Crippen LogP contribution < -0.4 is 25.2 Å². The fraction of sp³-hybridized carbons (Fsp3) is 0.300. The number of anilines is 1. The Morgan fingerprint density at radius 1 is 0.926 bits per heavy atom. The average Bonchev–Trinajstić information content (AvgIpc) is 2.71. The van der Waals surface area contributed by atoms with Gasteiger partial charge >= 0.3 is 0 Å². The average molecular weight is 369 g/mol. The number of fused-ring (bicyclic) bond motifs is 1. The van der Waals surface area contributed by atoms with Crippen molar-refractivity contribution in [1.29, 1.82) is 0 Å². The van der Waals surface area contributed by atoms with Gasteiger partial charge < -0.3 is 14.4 Å². The van der Waals surface area contributed by atoms with Gasteiger partial charge in [0.05, 0.1) is 0 Å². The predicted octanol–water partition coefficient (Wildman–Crippen LogP) is 2.38. The van der Waals surface area contributed by atoms with Crippen LogP contribution in [0.3, 0.4) is 0 Å². The summed E-state index contributed by atoms with van der Waals surface area (Å²) in [7, 11) is 2.01. The third-order valence-electron chi connectivity index (χ3n) is 4.22. The van der Waals surface area contributed by atoms with Crippen molar-refractivity contribution in [3.63, 3.8) is 0 Å². The molecule has 2 N–H and O–H groups in total. The van der Waals surface area contributed by atoms with Gasteiger partial charge in [-0.2, -0.15) is 0 Å². The molecule has 0 saturated heterocycles. The van der Waals surface area contributed by atoms with Gasteiger partial charge in [-0.25, -0.2) is 0 Å². The molecule has 27 heavy (non-hydrogen) atoms. The molecule has 1 aliphatic rings. The second-order valence-electron chi connectivity index (χ2n) is 6.24. The van der Waals surface area contributed by atoms with E-state index in [1.807, 2.05) is 19.2 Å². The second kappa shape index (κ2) is 8.44. The first-order valence-electron chi connectivity index (χ1n) is 8.90. The molecular formula is C20H23N3O4. The Morgan fingerprint density at radius 2 is 1.52 bits per heavy atom. The molecule has 7 nitrogen and oxygen atoms in total. The van der Waals surface area contributed by atoms with Gasteiger partial charge in [-0.15, -0.1) is 0 Å². The lowest BCUT2D eigenvalue weighted by Crippen LogP contribution is -2.41. The second-order valence-corrected chi connectivity index (χ2v) is 6.24. The normalized spacial score (nSPS) is 12.2. The van der Waals surface area contributed by atoms with Crippen LogP contribution in [0.4, 0.5) is 5.69 Å². The summed E-state index contributed by atoms with van der Waals surface area (Å²) in [5, 5.41) is 0. The van der Waals surface area contributed by atoms with Crippen molar-refractivity contribution in [3.05, 3.63) is 53.6 Å². The Kier molecular flexibility index (Phi) is 5.80. The molecular weight excluding hydrogens is 346 g/mol. The Bertz CT molecular complexity index is 820. The third-order valence-corrected chi connectivity index (χ3v) is 4.22. The quantitative estimate of drug-likeness (QED) is 0.791. The Hall–Kier alpha value is -3.22. The van der Waals surface area contributed by atoms with Gasteiger partial charge in [-0.1, -0.05) is 6.92 Å². The summed E-state index contributed by atoms with van der Waals surface area (Å²) in [6.07, 6.45) is 1.05. The van der Waals surface area contributed by atoms with Crippen molar-refractivity contribution in [1.82, 2.24) is 10.9 Å². The first kappa shape index (κ1) is 18.6. The van der Waals surface area contributed by atoms with E-state index in [0.29, 0.717) is 35.8 Å². The first-order chi connectivity index (χ1) is 13.1. The highest BCUT2D eigenvalue weighted by atomic mass is 16.6. The highest BCUT2D eigenvalue weighted by molar-refractivity contribution is 5.99. The van der Waals surface area contributed by atoms with Crippen LogP contribution in [0.5, 0.6) is 11.5 Å². The number of nitrogens with zero attached hydrogens (tertiary/aromatic N) is 1. The molecule has 0 saturated carbocycles. The maximum atomic E-state index is 12.3. The SMILES string of the molecule is CCCN(C)c1ccc(C(=O)NNC(=O)c2ccc3c(c2)OCCO3)cc1. The molecule has 0 bridgehead atoms. The number of hydrogen-bond acceptors (Lipinski definition) is 5. The molecule has 142 valence electrons. The largest absolute Gasteiger partial charge is 0.486 e.